The summed E-state index contributed by atoms with van der Waals surface area (Å²) in [6, 6.07) is 16.0. The van der Waals surface area contributed by atoms with E-state index in [0.717, 1.165) is 36.5 Å². The molecule has 0 N–H and O–H groups in total. The van der Waals surface area contributed by atoms with E-state index in [1.807, 2.05) is 36.4 Å². The van der Waals surface area contributed by atoms with Crippen LogP contribution in [0.2, 0.25) is 0 Å². The zero-order valence-corrected chi connectivity index (χ0v) is 13.4. The van der Waals surface area contributed by atoms with Gasteiger partial charge in [0, 0.05) is 6.07 Å². The highest BCUT2D eigenvalue weighted by atomic mass is 16.5. The fourth-order valence-electron chi connectivity index (χ4n) is 2.10. The molecule has 0 aliphatic carbocycles. The van der Waals surface area contributed by atoms with Crippen LogP contribution in [0.3, 0.4) is 0 Å². The summed E-state index contributed by atoms with van der Waals surface area (Å²) in [6.45, 7) is 3.55. The predicted octanol–water partition coefficient (Wildman–Crippen LogP) is 4.50. The number of ether oxygens (including phenoxy) is 3. The Bertz CT molecular complexity index is 549. The van der Waals surface area contributed by atoms with Crippen molar-refractivity contribution in [1.82, 2.24) is 0 Å². The van der Waals surface area contributed by atoms with E-state index in [2.05, 4.69) is 19.1 Å². The number of hydrogen-bond acceptors (Lipinski definition) is 3. The van der Waals surface area contributed by atoms with Crippen LogP contribution in [0.15, 0.2) is 48.5 Å². The quantitative estimate of drug-likeness (QED) is 0.638. The van der Waals surface area contributed by atoms with Crippen molar-refractivity contribution in [1.29, 1.82) is 0 Å². The molecule has 0 aromatic heterocycles. The molecule has 0 saturated carbocycles. The lowest BCUT2D eigenvalue weighted by molar-refractivity contribution is 0.265. The molecule has 0 atom stereocenters. The van der Waals surface area contributed by atoms with Crippen molar-refractivity contribution < 1.29 is 14.2 Å². The monoisotopic (exact) mass is 300 g/mol. The Labute approximate surface area is 132 Å². The van der Waals surface area contributed by atoms with Crippen LogP contribution in [-0.2, 0) is 6.42 Å². The summed E-state index contributed by atoms with van der Waals surface area (Å²) in [7, 11) is 1.66. The van der Waals surface area contributed by atoms with Crippen LogP contribution in [0.5, 0.6) is 17.2 Å². The SMILES string of the molecule is CCc1ccc(OCCCCOc2cccc(OC)c2)cc1. The largest absolute Gasteiger partial charge is 0.497 e. The molecule has 0 amide bonds. The molecule has 0 aliphatic heterocycles. The minimum atomic E-state index is 0.686. The molecule has 0 unspecified atom stereocenters. The van der Waals surface area contributed by atoms with Crippen LogP contribution < -0.4 is 14.2 Å². The normalized spacial score (nSPS) is 10.3. The van der Waals surface area contributed by atoms with Gasteiger partial charge in [-0.25, -0.2) is 0 Å². The van der Waals surface area contributed by atoms with Crippen LogP contribution in [0.4, 0.5) is 0 Å². The molecule has 0 bridgehead atoms. The molecule has 3 heteroatoms. The summed E-state index contributed by atoms with van der Waals surface area (Å²) in [5.41, 5.74) is 1.33. The van der Waals surface area contributed by atoms with Gasteiger partial charge in [0.05, 0.1) is 20.3 Å². The van der Waals surface area contributed by atoms with Crippen molar-refractivity contribution in [3.63, 3.8) is 0 Å². The van der Waals surface area contributed by atoms with Crippen molar-refractivity contribution in [2.75, 3.05) is 20.3 Å². The van der Waals surface area contributed by atoms with Crippen molar-refractivity contribution in [3.8, 4) is 17.2 Å². The second kappa shape index (κ2) is 8.98. The van der Waals surface area contributed by atoms with E-state index >= 15 is 0 Å². The smallest absolute Gasteiger partial charge is 0.122 e. The molecule has 3 nitrogen and oxygen atoms in total. The third-order valence-electron chi connectivity index (χ3n) is 3.45. The third kappa shape index (κ3) is 5.32. The molecular formula is C19H24O3. The van der Waals surface area contributed by atoms with Crippen LogP contribution in [0.25, 0.3) is 0 Å². The van der Waals surface area contributed by atoms with E-state index in [-0.39, 0.29) is 0 Å². The minimum Gasteiger partial charge on any atom is -0.497 e. The van der Waals surface area contributed by atoms with Gasteiger partial charge in [-0.1, -0.05) is 25.1 Å². The van der Waals surface area contributed by atoms with Gasteiger partial charge in [-0.2, -0.15) is 0 Å². The lowest BCUT2D eigenvalue weighted by Gasteiger charge is -2.09. The van der Waals surface area contributed by atoms with Gasteiger partial charge >= 0.3 is 0 Å². The molecule has 0 spiro atoms. The van der Waals surface area contributed by atoms with Crippen molar-refractivity contribution in [2.24, 2.45) is 0 Å². The van der Waals surface area contributed by atoms with Crippen LogP contribution in [-0.4, -0.2) is 20.3 Å². The fraction of sp³-hybridized carbons (Fsp3) is 0.368. The molecule has 22 heavy (non-hydrogen) atoms. The molecule has 0 saturated heterocycles. The van der Waals surface area contributed by atoms with Crippen LogP contribution in [0.1, 0.15) is 25.3 Å². The summed E-state index contributed by atoms with van der Waals surface area (Å²) in [4.78, 5) is 0. The number of aryl methyl sites for hydroxylation is 1. The molecule has 0 fully saturated rings. The van der Waals surface area contributed by atoms with Crippen LogP contribution >= 0.6 is 0 Å². The Balaban J connectivity index is 1.60. The Hall–Kier alpha value is -2.16. The standard InChI is InChI=1S/C19H24O3/c1-3-16-9-11-17(12-10-16)21-13-4-5-14-22-19-8-6-7-18(15-19)20-2/h6-12,15H,3-5,13-14H2,1-2H3. The Morgan fingerprint density at radius 2 is 1.41 bits per heavy atom. The maximum absolute atomic E-state index is 5.72. The minimum absolute atomic E-state index is 0.686. The Kier molecular flexibility index (Phi) is 6.62. The van der Waals surface area contributed by atoms with E-state index in [0.29, 0.717) is 13.2 Å². The lowest BCUT2D eigenvalue weighted by Crippen LogP contribution is -2.02. The second-order valence-corrected chi connectivity index (χ2v) is 5.08. The molecule has 118 valence electrons. The fourth-order valence-corrected chi connectivity index (χ4v) is 2.10. The van der Waals surface area contributed by atoms with E-state index in [1.165, 1.54) is 5.56 Å². The molecule has 2 rings (SSSR count). The van der Waals surface area contributed by atoms with E-state index in [4.69, 9.17) is 14.2 Å². The Morgan fingerprint density at radius 1 is 0.773 bits per heavy atom. The Morgan fingerprint density at radius 3 is 2.05 bits per heavy atom. The van der Waals surface area contributed by atoms with Gasteiger partial charge in [-0.05, 0) is 49.1 Å². The van der Waals surface area contributed by atoms with Gasteiger partial charge in [0.25, 0.3) is 0 Å². The maximum Gasteiger partial charge on any atom is 0.122 e. The summed E-state index contributed by atoms with van der Waals surface area (Å²) in [5, 5.41) is 0. The van der Waals surface area contributed by atoms with Gasteiger partial charge < -0.3 is 14.2 Å². The molecule has 2 aromatic rings. The first-order valence-electron chi connectivity index (χ1n) is 7.80. The number of rotatable bonds is 9. The highest BCUT2D eigenvalue weighted by Crippen LogP contribution is 2.19. The van der Waals surface area contributed by atoms with Crippen molar-refractivity contribution >= 4 is 0 Å². The lowest BCUT2D eigenvalue weighted by atomic mass is 10.2. The van der Waals surface area contributed by atoms with Gasteiger partial charge in [-0.3, -0.25) is 0 Å². The second-order valence-electron chi connectivity index (χ2n) is 5.08. The topological polar surface area (TPSA) is 27.7 Å². The van der Waals surface area contributed by atoms with Crippen molar-refractivity contribution in [3.05, 3.63) is 54.1 Å². The summed E-state index contributed by atoms with van der Waals surface area (Å²) in [5.74, 6) is 2.60. The number of unbranched alkanes of at least 4 members (excludes halogenated alkanes) is 1. The maximum atomic E-state index is 5.72. The molecule has 2 aromatic carbocycles. The highest BCUT2D eigenvalue weighted by Gasteiger charge is 1.98. The predicted molar refractivity (Wildman–Crippen MR) is 89.0 cm³/mol. The zero-order valence-electron chi connectivity index (χ0n) is 13.4. The van der Waals surface area contributed by atoms with E-state index < -0.39 is 0 Å². The first-order valence-corrected chi connectivity index (χ1v) is 7.80. The van der Waals surface area contributed by atoms with Crippen molar-refractivity contribution in [2.45, 2.75) is 26.2 Å². The number of methoxy groups -OCH3 is 1. The average molecular weight is 300 g/mol. The summed E-state index contributed by atoms with van der Waals surface area (Å²) < 4.78 is 16.6. The third-order valence-corrected chi connectivity index (χ3v) is 3.45. The number of hydrogen-bond donors (Lipinski definition) is 0. The van der Waals surface area contributed by atoms with Gasteiger partial charge in [0.2, 0.25) is 0 Å². The van der Waals surface area contributed by atoms with Gasteiger partial charge in [-0.15, -0.1) is 0 Å². The van der Waals surface area contributed by atoms with Gasteiger partial charge in [0.1, 0.15) is 17.2 Å². The molecule has 0 radical (unpaired) electrons. The van der Waals surface area contributed by atoms with E-state index in [1.54, 1.807) is 7.11 Å². The highest BCUT2D eigenvalue weighted by molar-refractivity contribution is 5.32. The first-order chi connectivity index (χ1) is 10.8. The molecular weight excluding hydrogens is 276 g/mol. The van der Waals surface area contributed by atoms with Gasteiger partial charge in [0.15, 0.2) is 0 Å². The molecule has 0 heterocycles. The zero-order chi connectivity index (χ0) is 15.6. The summed E-state index contributed by atoms with van der Waals surface area (Å²) in [6.07, 6.45) is 2.99. The number of benzene rings is 2. The van der Waals surface area contributed by atoms with Crippen LogP contribution in [0, 0.1) is 0 Å². The average Bonchev–Trinajstić information content (AvgIpc) is 2.58. The molecule has 0 aliphatic rings. The first kappa shape index (κ1) is 16.2. The summed E-state index contributed by atoms with van der Waals surface area (Å²) >= 11 is 0. The van der Waals surface area contributed by atoms with E-state index in [9.17, 15) is 0 Å².